The van der Waals surface area contributed by atoms with Gasteiger partial charge in [0.2, 0.25) is 0 Å². The van der Waals surface area contributed by atoms with Crippen molar-refractivity contribution in [2.24, 2.45) is 23.7 Å². The Morgan fingerprint density at radius 2 is 1.00 bits per heavy atom. The molecular weight excluding hydrogens is 328 g/mol. The van der Waals surface area contributed by atoms with Gasteiger partial charge in [-0.3, -0.25) is 0 Å². The Labute approximate surface area is 161 Å². The highest BCUT2D eigenvalue weighted by molar-refractivity contribution is 4.91. The molecule has 4 nitrogen and oxygen atoms in total. The fraction of sp³-hybridized carbons (Fsp3) is 1.00. The van der Waals surface area contributed by atoms with Crippen LogP contribution in [0.5, 0.6) is 0 Å². The van der Waals surface area contributed by atoms with Gasteiger partial charge in [0, 0.05) is 0 Å². The summed E-state index contributed by atoms with van der Waals surface area (Å²) in [6.07, 6.45) is 7.68. The zero-order valence-corrected chi connectivity index (χ0v) is 17.9. The molecule has 6 unspecified atom stereocenters. The molecule has 0 bridgehead atoms. The van der Waals surface area contributed by atoms with Crippen molar-refractivity contribution in [3.8, 4) is 0 Å². The molecule has 0 aromatic heterocycles. The molecule has 0 spiro atoms. The molecule has 0 amide bonds. The molecule has 0 aliphatic heterocycles. The van der Waals surface area contributed by atoms with E-state index in [1.54, 1.807) is 0 Å². The van der Waals surface area contributed by atoms with Gasteiger partial charge >= 0.3 is 0 Å². The third-order valence-electron chi connectivity index (χ3n) is 5.62. The lowest BCUT2D eigenvalue weighted by Gasteiger charge is -2.46. The molecule has 2 saturated carbocycles. The number of fused-ring (bicyclic) bond motifs is 1. The summed E-state index contributed by atoms with van der Waals surface area (Å²) in [7, 11) is 0. The Morgan fingerprint density at radius 3 is 1.35 bits per heavy atom. The number of rotatable bonds is 10. The van der Waals surface area contributed by atoms with Crippen molar-refractivity contribution in [1.29, 1.82) is 0 Å². The van der Waals surface area contributed by atoms with Gasteiger partial charge in [0.1, 0.15) is 0 Å². The molecule has 0 radical (unpaired) electrons. The maximum Gasteiger partial charge on any atom is 0.155 e. The van der Waals surface area contributed by atoms with E-state index < -0.39 is 0 Å². The first-order chi connectivity index (χ1) is 12.4. The van der Waals surface area contributed by atoms with Crippen LogP contribution in [-0.2, 0) is 18.9 Å². The van der Waals surface area contributed by atoms with Crippen LogP contribution in [0.2, 0.25) is 0 Å². The van der Waals surface area contributed by atoms with E-state index in [0.717, 1.165) is 26.1 Å². The zero-order valence-electron chi connectivity index (χ0n) is 17.9. The van der Waals surface area contributed by atoms with E-state index in [-0.39, 0.29) is 12.6 Å². The fourth-order valence-corrected chi connectivity index (χ4v) is 4.45. The largest absolute Gasteiger partial charge is 0.353 e. The van der Waals surface area contributed by atoms with Crippen molar-refractivity contribution in [2.75, 3.05) is 13.2 Å². The van der Waals surface area contributed by atoms with Gasteiger partial charge in [0.05, 0.1) is 25.4 Å². The molecule has 2 fully saturated rings. The molecule has 6 atom stereocenters. The Bertz CT molecular complexity index is 348. The second-order valence-electron chi connectivity index (χ2n) is 9.13. The van der Waals surface area contributed by atoms with Crippen molar-refractivity contribution in [3.63, 3.8) is 0 Å². The zero-order chi connectivity index (χ0) is 19.1. The fourth-order valence-electron chi connectivity index (χ4n) is 4.45. The van der Waals surface area contributed by atoms with Crippen LogP contribution >= 0.6 is 0 Å². The molecule has 0 aromatic rings. The lowest BCUT2D eigenvalue weighted by molar-refractivity contribution is -0.222. The minimum absolute atomic E-state index is 0.115. The molecule has 2 rings (SSSR count). The van der Waals surface area contributed by atoms with Crippen LogP contribution in [0.1, 0.15) is 80.1 Å². The van der Waals surface area contributed by atoms with E-state index in [1.807, 2.05) is 13.8 Å². The first-order valence-corrected chi connectivity index (χ1v) is 10.9. The molecule has 26 heavy (non-hydrogen) atoms. The van der Waals surface area contributed by atoms with Crippen molar-refractivity contribution < 1.29 is 18.9 Å². The van der Waals surface area contributed by atoms with Crippen LogP contribution in [0.15, 0.2) is 0 Å². The lowest BCUT2D eigenvalue weighted by Crippen LogP contribution is -2.46. The van der Waals surface area contributed by atoms with Crippen molar-refractivity contribution >= 4 is 0 Å². The van der Waals surface area contributed by atoms with E-state index in [2.05, 4.69) is 27.7 Å². The maximum absolute atomic E-state index is 6.33. The summed E-state index contributed by atoms with van der Waals surface area (Å²) in [6, 6.07) is 0. The van der Waals surface area contributed by atoms with Crippen LogP contribution in [0, 0.1) is 23.7 Å². The Kier molecular flexibility index (Phi) is 9.36. The van der Waals surface area contributed by atoms with Gasteiger partial charge in [-0.25, -0.2) is 0 Å². The Morgan fingerprint density at radius 1 is 0.615 bits per heavy atom. The molecule has 2 aliphatic rings. The molecule has 0 heterocycles. The standard InChI is InChI=1S/C22H42O4/c1-15(2)13-23-17(5)25-21-11-7-10-20-19(21)9-8-12-22(20)26-18(6)24-14-16(3)4/h15-22H,7-14H2,1-6H3. The van der Waals surface area contributed by atoms with Gasteiger partial charge in [-0.1, -0.05) is 40.5 Å². The monoisotopic (exact) mass is 370 g/mol. The van der Waals surface area contributed by atoms with Gasteiger partial charge in [0.25, 0.3) is 0 Å². The van der Waals surface area contributed by atoms with Crippen molar-refractivity contribution in [1.82, 2.24) is 0 Å². The molecule has 0 saturated heterocycles. The molecular formula is C22H42O4. The number of hydrogen-bond acceptors (Lipinski definition) is 4. The number of hydrogen-bond donors (Lipinski definition) is 0. The summed E-state index contributed by atoms with van der Waals surface area (Å²) >= 11 is 0. The minimum Gasteiger partial charge on any atom is -0.353 e. The summed E-state index contributed by atoms with van der Waals surface area (Å²) in [5.41, 5.74) is 0. The van der Waals surface area contributed by atoms with Crippen molar-refractivity contribution in [2.45, 2.75) is 105 Å². The highest BCUT2D eigenvalue weighted by atomic mass is 16.7. The molecule has 0 aromatic carbocycles. The minimum atomic E-state index is -0.115. The molecule has 4 heteroatoms. The summed E-state index contributed by atoms with van der Waals surface area (Å²) < 4.78 is 24.4. The normalized spacial score (nSPS) is 31.8. The predicted octanol–water partition coefficient (Wildman–Crippen LogP) is 5.39. The topological polar surface area (TPSA) is 36.9 Å². The van der Waals surface area contributed by atoms with Gasteiger partial charge in [-0.15, -0.1) is 0 Å². The van der Waals surface area contributed by atoms with E-state index >= 15 is 0 Å². The average molecular weight is 371 g/mol. The third kappa shape index (κ3) is 7.10. The third-order valence-corrected chi connectivity index (χ3v) is 5.62. The summed E-state index contributed by atoms with van der Waals surface area (Å²) in [5, 5.41) is 0. The first kappa shape index (κ1) is 22.1. The SMILES string of the molecule is CC(C)COC(C)OC1CCCC2C(OC(C)OCC(C)C)CCCC12. The second-order valence-corrected chi connectivity index (χ2v) is 9.13. The van der Waals surface area contributed by atoms with Gasteiger partial charge < -0.3 is 18.9 Å². The van der Waals surface area contributed by atoms with Crippen LogP contribution in [0.4, 0.5) is 0 Å². The van der Waals surface area contributed by atoms with Crippen LogP contribution in [-0.4, -0.2) is 38.0 Å². The predicted molar refractivity (Wildman–Crippen MR) is 105 cm³/mol. The Hall–Kier alpha value is -0.160. The van der Waals surface area contributed by atoms with Gasteiger partial charge in [-0.05, 0) is 63.2 Å². The molecule has 2 aliphatic carbocycles. The van der Waals surface area contributed by atoms with E-state index in [1.165, 1.54) is 25.7 Å². The summed E-state index contributed by atoms with van der Waals surface area (Å²) in [5.74, 6) is 2.29. The summed E-state index contributed by atoms with van der Waals surface area (Å²) in [6.45, 7) is 14.3. The van der Waals surface area contributed by atoms with Crippen LogP contribution in [0.25, 0.3) is 0 Å². The summed E-state index contributed by atoms with van der Waals surface area (Å²) in [4.78, 5) is 0. The molecule has 0 N–H and O–H groups in total. The molecule has 154 valence electrons. The Balaban J connectivity index is 1.86. The second kappa shape index (κ2) is 11.0. The quantitative estimate of drug-likeness (QED) is 0.483. The average Bonchev–Trinajstić information content (AvgIpc) is 2.59. The highest BCUT2D eigenvalue weighted by Crippen LogP contribution is 2.43. The number of ether oxygens (including phenoxy) is 4. The highest BCUT2D eigenvalue weighted by Gasteiger charge is 2.42. The van der Waals surface area contributed by atoms with Crippen LogP contribution in [0.3, 0.4) is 0 Å². The van der Waals surface area contributed by atoms with Crippen LogP contribution < -0.4 is 0 Å². The van der Waals surface area contributed by atoms with E-state index in [4.69, 9.17) is 18.9 Å². The van der Waals surface area contributed by atoms with Gasteiger partial charge in [0.15, 0.2) is 12.6 Å². The van der Waals surface area contributed by atoms with Gasteiger partial charge in [-0.2, -0.15) is 0 Å². The lowest BCUT2D eigenvalue weighted by atomic mass is 9.68. The first-order valence-electron chi connectivity index (χ1n) is 10.9. The van der Waals surface area contributed by atoms with Crippen molar-refractivity contribution in [3.05, 3.63) is 0 Å². The smallest absolute Gasteiger partial charge is 0.155 e. The van der Waals surface area contributed by atoms with E-state index in [0.29, 0.717) is 35.9 Å². The maximum atomic E-state index is 6.33. The van der Waals surface area contributed by atoms with E-state index in [9.17, 15) is 0 Å².